The van der Waals surface area contributed by atoms with Gasteiger partial charge in [0.25, 0.3) is 5.91 Å². The molecule has 0 bridgehead atoms. The first-order valence-electron chi connectivity index (χ1n) is 7.19. The van der Waals surface area contributed by atoms with Crippen LogP contribution in [0.3, 0.4) is 0 Å². The van der Waals surface area contributed by atoms with Gasteiger partial charge in [0.05, 0.1) is 22.3 Å². The number of amides is 1. The number of hydrazone groups is 1. The van der Waals surface area contributed by atoms with Crippen molar-refractivity contribution in [3.05, 3.63) is 75.4 Å². The van der Waals surface area contributed by atoms with Crippen molar-refractivity contribution in [2.24, 2.45) is 5.10 Å². The molecule has 0 saturated carbocycles. The van der Waals surface area contributed by atoms with Gasteiger partial charge in [-0.3, -0.25) is 4.79 Å². The van der Waals surface area contributed by atoms with Crippen molar-refractivity contribution in [1.29, 1.82) is 0 Å². The summed E-state index contributed by atoms with van der Waals surface area (Å²) < 4.78 is 0. The van der Waals surface area contributed by atoms with E-state index in [0.717, 1.165) is 16.5 Å². The smallest absolute Gasteiger partial charge is 0.267 e. The van der Waals surface area contributed by atoms with Gasteiger partial charge in [-0.25, -0.2) is 10.4 Å². The number of nitrogens with zero attached hydrogens (tertiary/aromatic N) is 2. The summed E-state index contributed by atoms with van der Waals surface area (Å²) >= 11 is 12.2. The number of benzene rings is 2. The molecule has 3 aromatic rings. The highest BCUT2D eigenvalue weighted by molar-refractivity contribution is 6.34. The van der Waals surface area contributed by atoms with Gasteiger partial charge in [0.1, 0.15) is 5.15 Å². The number of pyridine rings is 1. The van der Waals surface area contributed by atoms with Crippen molar-refractivity contribution in [2.75, 3.05) is 0 Å². The third-order valence-electron chi connectivity index (χ3n) is 3.44. The average molecular weight is 358 g/mol. The number of carbonyl (C=O) groups excluding carboxylic acids is 1. The highest BCUT2D eigenvalue weighted by Gasteiger charge is 2.08. The van der Waals surface area contributed by atoms with Crippen LogP contribution in [0, 0.1) is 6.92 Å². The third kappa shape index (κ3) is 3.55. The molecule has 0 aliphatic carbocycles. The number of fused-ring (bicyclic) bond motifs is 1. The Morgan fingerprint density at radius 1 is 1.17 bits per heavy atom. The molecule has 3 rings (SSSR count). The molecule has 0 radical (unpaired) electrons. The van der Waals surface area contributed by atoms with Crippen LogP contribution in [0.2, 0.25) is 10.2 Å². The van der Waals surface area contributed by atoms with Crippen molar-refractivity contribution in [3.8, 4) is 0 Å². The molecular formula is C18H13Cl2N3O. The van der Waals surface area contributed by atoms with E-state index in [1.165, 1.54) is 6.21 Å². The molecule has 0 atom stereocenters. The largest absolute Gasteiger partial charge is 0.272 e. The molecule has 1 aromatic heterocycles. The van der Waals surface area contributed by atoms with Crippen molar-refractivity contribution in [3.63, 3.8) is 0 Å². The van der Waals surface area contributed by atoms with Crippen LogP contribution in [-0.2, 0) is 0 Å². The van der Waals surface area contributed by atoms with Gasteiger partial charge in [0.2, 0.25) is 0 Å². The van der Waals surface area contributed by atoms with Crippen LogP contribution in [0.1, 0.15) is 21.5 Å². The second kappa shape index (κ2) is 6.99. The molecule has 6 heteroatoms. The Balaban J connectivity index is 1.80. The normalized spacial score (nSPS) is 11.1. The van der Waals surface area contributed by atoms with Crippen LogP contribution >= 0.6 is 23.2 Å². The third-order valence-corrected chi connectivity index (χ3v) is 4.07. The second-order valence-corrected chi connectivity index (χ2v) is 6.01. The van der Waals surface area contributed by atoms with Gasteiger partial charge in [-0.05, 0) is 36.8 Å². The van der Waals surface area contributed by atoms with E-state index in [1.54, 1.807) is 24.3 Å². The maximum absolute atomic E-state index is 12.0. The average Bonchev–Trinajstić information content (AvgIpc) is 2.55. The summed E-state index contributed by atoms with van der Waals surface area (Å²) in [7, 11) is 0. The zero-order valence-corrected chi connectivity index (χ0v) is 14.3. The summed E-state index contributed by atoms with van der Waals surface area (Å²) in [6.07, 6.45) is 1.46. The molecule has 120 valence electrons. The van der Waals surface area contributed by atoms with E-state index in [1.807, 2.05) is 31.2 Å². The predicted octanol–water partition coefficient (Wildman–Crippen LogP) is 4.61. The minimum absolute atomic E-state index is 0.323. The Morgan fingerprint density at radius 3 is 2.75 bits per heavy atom. The molecule has 1 N–H and O–H groups in total. The molecule has 1 amide bonds. The number of aromatic nitrogens is 1. The molecular weight excluding hydrogens is 345 g/mol. The first kappa shape index (κ1) is 16.4. The number of aryl methyl sites for hydroxylation is 1. The van der Waals surface area contributed by atoms with Crippen LogP contribution < -0.4 is 5.43 Å². The molecule has 24 heavy (non-hydrogen) atoms. The predicted molar refractivity (Wildman–Crippen MR) is 98.0 cm³/mol. The zero-order valence-electron chi connectivity index (χ0n) is 12.8. The fourth-order valence-corrected chi connectivity index (χ4v) is 2.64. The first-order chi connectivity index (χ1) is 11.5. The summed E-state index contributed by atoms with van der Waals surface area (Å²) in [5.41, 5.74) is 5.33. The van der Waals surface area contributed by atoms with Crippen LogP contribution in [0.4, 0.5) is 0 Å². The number of hydrogen-bond donors (Lipinski definition) is 1. The van der Waals surface area contributed by atoms with E-state index in [4.69, 9.17) is 23.2 Å². The number of hydrogen-bond acceptors (Lipinski definition) is 3. The van der Waals surface area contributed by atoms with Gasteiger partial charge in [-0.15, -0.1) is 0 Å². The lowest BCUT2D eigenvalue weighted by Gasteiger charge is -2.04. The van der Waals surface area contributed by atoms with E-state index < -0.39 is 5.91 Å². The molecule has 0 saturated heterocycles. The van der Waals surface area contributed by atoms with E-state index in [0.29, 0.717) is 21.3 Å². The lowest BCUT2D eigenvalue weighted by Crippen LogP contribution is -2.18. The van der Waals surface area contributed by atoms with Crippen LogP contribution in [0.15, 0.2) is 53.6 Å². The summed E-state index contributed by atoms with van der Waals surface area (Å²) in [5.74, 6) is -0.391. The maximum atomic E-state index is 12.0. The number of nitrogens with one attached hydrogen (secondary N) is 1. The fraction of sp³-hybridized carbons (Fsp3) is 0.0556. The summed E-state index contributed by atoms with van der Waals surface area (Å²) in [4.78, 5) is 16.4. The monoisotopic (exact) mass is 357 g/mol. The van der Waals surface area contributed by atoms with Crippen LogP contribution in [0.5, 0.6) is 0 Å². The van der Waals surface area contributed by atoms with E-state index in [-0.39, 0.29) is 0 Å². The molecule has 2 aromatic carbocycles. The number of halogens is 2. The Labute approximate surface area is 149 Å². The minimum atomic E-state index is -0.391. The Morgan fingerprint density at radius 2 is 1.96 bits per heavy atom. The molecule has 0 fully saturated rings. The molecule has 1 heterocycles. The van der Waals surface area contributed by atoms with Gasteiger partial charge in [0, 0.05) is 10.9 Å². The van der Waals surface area contributed by atoms with E-state index in [9.17, 15) is 4.79 Å². The molecule has 0 aliphatic heterocycles. The molecule has 0 spiro atoms. The molecule has 0 unspecified atom stereocenters. The van der Waals surface area contributed by atoms with Crippen molar-refractivity contribution in [2.45, 2.75) is 6.92 Å². The summed E-state index contributed by atoms with van der Waals surface area (Å²) in [6.45, 7) is 1.99. The van der Waals surface area contributed by atoms with Crippen LogP contribution in [0.25, 0.3) is 10.9 Å². The van der Waals surface area contributed by atoms with Gasteiger partial charge in [-0.1, -0.05) is 47.5 Å². The Hall–Kier alpha value is -2.43. The first-order valence-corrected chi connectivity index (χ1v) is 7.95. The summed E-state index contributed by atoms with van der Waals surface area (Å²) in [6, 6.07) is 14.6. The topological polar surface area (TPSA) is 54.4 Å². The Bertz CT molecular complexity index is 954. The lowest BCUT2D eigenvalue weighted by atomic mass is 10.1. The van der Waals surface area contributed by atoms with Crippen molar-refractivity contribution >= 4 is 46.2 Å². The van der Waals surface area contributed by atoms with Crippen molar-refractivity contribution in [1.82, 2.24) is 10.4 Å². The van der Waals surface area contributed by atoms with Gasteiger partial charge >= 0.3 is 0 Å². The standard InChI is InChI=1S/C18H13Cl2N3O/c1-11-6-7-12-9-13(17(20)22-16(12)8-11)10-21-23-18(24)14-4-2-3-5-15(14)19/h2-10H,1H3,(H,23,24). The second-order valence-electron chi connectivity index (χ2n) is 5.24. The van der Waals surface area contributed by atoms with Crippen molar-refractivity contribution < 1.29 is 4.79 Å². The zero-order chi connectivity index (χ0) is 17.1. The quantitative estimate of drug-likeness (QED) is 0.422. The highest BCUT2D eigenvalue weighted by Crippen LogP contribution is 2.20. The van der Waals surface area contributed by atoms with Crippen LogP contribution in [-0.4, -0.2) is 17.1 Å². The summed E-state index contributed by atoms with van der Waals surface area (Å²) in [5, 5.41) is 5.57. The molecule has 0 aliphatic rings. The molecule has 4 nitrogen and oxygen atoms in total. The Kier molecular flexibility index (Phi) is 4.79. The lowest BCUT2D eigenvalue weighted by molar-refractivity contribution is 0.0955. The van der Waals surface area contributed by atoms with Gasteiger partial charge in [-0.2, -0.15) is 5.10 Å². The van der Waals surface area contributed by atoms with Gasteiger partial charge < -0.3 is 0 Å². The van der Waals surface area contributed by atoms with E-state index in [2.05, 4.69) is 15.5 Å². The number of rotatable bonds is 3. The minimum Gasteiger partial charge on any atom is -0.267 e. The number of carbonyl (C=O) groups is 1. The van der Waals surface area contributed by atoms with Gasteiger partial charge in [0.15, 0.2) is 0 Å². The SMILES string of the molecule is Cc1ccc2cc(C=NNC(=O)c3ccccc3Cl)c(Cl)nc2c1. The highest BCUT2D eigenvalue weighted by atomic mass is 35.5. The maximum Gasteiger partial charge on any atom is 0.272 e. The fourth-order valence-electron chi connectivity index (χ4n) is 2.23. The van der Waals surface area contributed by atoms with E-state index >= 15 is 0 Å².